The summed E-state index contributed by atoms with van der Waals surface area (Å²) >= 11 is 0. The van der Waals surface area contributed by atoms with E-state index < -0.39 is 5.60 Å². The largest absolute Gasteiger partial charge is 0.387 e. The molecule has 3 heteroatoms. The Morgan fingerprint density at radius 2 is 2.38 bits per heavy atom. The van der Waals surface area contributed by atoms with Crippen LogP contribution in [0.5, 0.6) is 0 Å². The zero-order chi connectivity index (χ0) is 9.73. The Labute approximate surface area is 80.0 Å². The second kappa shape index (κ2) is 4.94. The molecular weight excluding hydrogens is 168 g/mol. The standard InChI is InChI=1S/C10H20O3/c1-3-12-8-10(2,11)9-5-4-6-13-7-9/h9,11H,3-8H2,1-2H3. The summed E-state index contributed by atoms with van der Waals surface area (Å²) in [6.45, 7) is 6.35. The monoisotopic (exact) mass is 188 g/mol. The molecule has 1 fully saturated rings. The molecule has 1 rings (SSSR count). The smallest absolute Gasteiger partial charge is 0.0902 e. The summed E-state index contributed by atoms with van der Waals surface area (Å²) in [6, 6.07) is 0. The van der Waals surface area contributed by atoms with Gasteiger partial charge in [-0.3, -0.25) is 0 Å². The molecule has 1 N–H and O–H groups in total. The summed E-state index contributed by atoms with van der Waals surface area (Å²) in [7, 11) is 0. The third-order valence-electron chi connectivity index (χ3n) is 2.64. The van der Waals surface area contributed by atoms with Crippen LogP contribution in [0.25, 0.3) is 0 Å². The Bertz CT molecular complexity index is 139. The molecule has 1 heterocycles. The minimum atomic E-state index is -0.726. The molecule has 0 radical (unpaired) electrons. The zero-order valence-electron chi connectivity index (χ0n) is 8.58. The van der Waals surface area contributed by atoms with E-state index in [1.54, 1.807) is 0 Å². The van der Waals surface area contributed by atoms with Gasteiger partial charge in [0.05, 0.1) is 18.8 Å². The lowest BCUT2D eigenvalue weighted by molar-refractivity contribution is -0.107. The minimum Gasteiger partial charge on any atom is -0.387 e. The van der Waals surface area contributed by atoms with Crippen molar-refractivity contribution in [3.63, 3.8) is 0 Å². The van der Waals surface area contributed by atoms with E-state index >= 15 is 0 Å². The van der Waals surface area contributed by atoms with E-state index in [0.29, 0.717) is 19.8 Å². The van der Waals surface area contributed by atoms with Crippen LogP contribution in [0.4, 0.5) is 0 Å². The lowest BCUT2D eigenvalue weighted by Gasteiger charge is -2.34. The summed E-state index contributed by atoms with van der Waals surface area (Å²) in [4.78, 5) is 0. The first-order valence-corrected chi connectivity index (χ1v) is 5.04. The molecule has 3 nitrogen and oxygen atoms in total. The summed E-state index contributed by atoms with van der Waals surface area (Å²) < 4.78 is 10.6. The highest BCUT2D eigenvalue weighted by Gasteiger charge is 2.33. The first-order chi connectivity index (χ1) is 6.17. The Morgan fingerprint density at radius 1 is 1.62 bits per heavy atom. The van der Waals surface area contributed by atoms with Gasteiger partial charge in [0.15, 0.2) is 0 Å². The van der Waals surface area contributed by atoms with Crippen LogP contribution in [0, 0.1) is 5.92 Å². The molecule has 2 atom stereocenters. The fraction of sp³-hybridized carbons (Fsp3) is 1.00. The molecule has 0 bridgehead atoms. The average Bonchev–Trinajstić information content (AvgIpc) is 2.16. The van der Waals surface area contributed by atoms with Gasteiger partial charge in [-0.25, -0.2) is 0 Å². The zero-order valence-corrected chi connectivity index (χ0v) is 8.58. The Balaban J connectivity index is 2.36. The van der Waals surface area contributed by atoms with Gasteiger partial charge in [-0.2, -0.15) is 0 Å². The number of rotatable bonds is 4. The lowest BCUT2D eigenvalue weighted by atomic mass is 9.85. The van der Waals surface area contributed by atoms with Crippen molar-refractivity contribution < 1.29 is 14.6 Å². The van der Waals surface area contributed by atoms with Gasteiger partial charge in [0.1, 0.15) is 0 Å². The van der Waals surface area contributed by atoms with E-state index in [9.17, 15) is 5.11 Å². The second-order valence-electron chi connectivity index (χ2n) is 3.91. The molecule has 13 heavy (non-hydrogen) atoms. The highest BCUT2D eigenvalue weighted by atomic mass is 16.5. The van der Waals surface area contributed by atoms with Crippen molar-refractivity contribution in [1.82, 2.24) is 0 Å². The van der Waals surface area contributed by atoms with Crippen LogP contribution in [0.2, 0.25) is 0 Å². The van der Waals surface area contributed by atoms with E-state index in [0.717, 1.165) is 19.4 Å². The first kappa shape index (κ1) is 11.0. The summed E-state index contributed by atoms with van der Waals surface area (Å²) in [6.07, 6.45) is 2.09. The average molecular weight is 188 g/mol. The van der Waals surface area contributed by atoms with Crippen molar-refractivity contribution in [2.75, 3.05) is 26.4 Å². The maximum atomic E-state index is 10.1. The fourth-order valence-electron chi connectivity index (χ4n) is 1.66. The third-order valence-corrected chi connectivity index (χ3v) is 2.64. The molecule has 78 valence electrons. The van der Waals surface area contributed by atoms with Gasteiger partial charge in [-0.15, -0.1) is 0 Å². The van der Waals surface area contributed by atoms with Crippen LogP contribution in [-0.4, -0.2) is 37.1 Å². The maximum absolute atomic E-state index is 10.1. The van der Waals surface area contributed by atoms with Crippen LogP contribution in [-0.2, 0) is 9.47 Å². The lowest BCUT2D eigenvalue weighted by Crippen LogP contribution is -2.43. The summed E-state index contributed by atoms with van der Waals surface area (Å²) in [5, 5.41) is 10.1. The van der Waals surface area contributed by atoms with Crippen molar-refractivity contribution in [1.29, 1.82) is 0 Å². The van der Waals surface area contributed by atoms with Crippen LogP contribution < -0.4 is 0 Å². The van der Waals surface area contributed by atoms with Crippen molar-refractivity contribution in [3.8, 4) is 0 Å². The number of ether oxygens (including phenoxy) is 2. The SMILES string of the molecule is CCOCC(C)(O)C1CCCOC1. The normalized spacial score (nSPS) is 28.4. The number of hydrogen-bond acceptors (Lipinski definition) is 3. The Hall–Kier alpha value is -0.120. The molecule has 0 aromatic carbocycles. The quantitative estimate of drug-likeness (QED) is 0.720. The molecule has 1 aliphatic rings. The molecule has 0 saturated carbocycles. The molecule has 1 aliphatic heterocycles. The predicted molar refractivity (Wildman–Crippen MR) is 50.7 cm³/mol. The molecule has 0 aromatic heterocycles. The number of aliphatic hydroxyl groups is 1. The minimum absolute atomic E-state index is 0.229. The van der Waals surface area contributed by atoms with Crippen molar-refractivity contribution in [2.24, 2.45) is 5.92 Å². The van der Waals surface area contributed by atoms with Crippen LogP contribution >= 0.6 is 0 Å². The third kappa shape index (κ3) is 3.25. The molecule has 0 aliphatic carbocycles. The highest BCUT2D eigenvalue weighted by molar-refractivity contribution is 4.83. The van der Waals surface area contributed by atoms with E-state index in [-0.39, 0.29) is 5.92 Å². The number of hydrogen-bond donors (Lipinski definition) is 1. The maximum Gasteiger partial charge on any atom is 0.0902 e. The van der Waals surface area contributed by atoms with Gasteiger partial charge in [-0.1, -0.05) is 0 Å². The topological polar surface area (TPSA) is 38.7 Å². The van der Waals surface area contributed by atoms with Gasteiger partial charge < -0.3 is 14.6 Å². The molecule has 0 amide bonds. The fourth-order valence-corrected chi connectivity index (χ4v) is 1.66. The summed E-state index contributed by atoms with van der Waals surface area (Å²) in [5.74, 6) is 0.229. The molecule has 0 aromatic rings. The highest BCUT2D eigenvalue weighted by Crippen LogP contribution is 2.26. The second-order valence-corrected chi connectivity index (χ2v) is 3.91. The molecule has 1 saturated heterocycles. The van der Waals surface area contributed by atoms with E-state index in [2.05, 4.69) is 0 Å². The van der Waals surface area contributed by atoms with Crippen LogP contribution in [0.3, 0.4) is 0 Å². The first-order valence-electron chi connectivity index (χ1n) is 5.04. The summed E-state index contributed by atoms with van der Waals surface area (Å²) in [5.41, 5.74) is -0.726. The van der Waals surface area contributed by atoms with Gasteiger partial charge in [0.25, 0.3) is 0 Å². The van der Waals surface area contributed by atoms with Crippen molar-refractivity contribution >= 4 is 0 Å². The van der Waals surface area contributed by atoms with E-state index in [4.69, 9.17) is 9.47 Å². The predicted octanol–water partition coefficient (Wildman–Crippen LogP) is 1.20. The van der Waals surface area contributed by atoms with Crippen molar-refractivity contribution in [3.05, 3.63) is 0 Å². The van der Waals surface area contributed by atoms with Gasteiger partial charge in [-0.05, 0) is 26.7 Å². The Morgan fingerprint density at radius 3 is 2.92 bits per heavy atom. The molecule has 2 unspecified atom stereocenters. The van der Waals surface area contributed by atoms with E-state index in [1.807, 2.05) is 13.8 Å². The van der Waals surface area contributed by atoms with Gasteiger partial charge in [0.2, 0.25) is 0 Å². The van der Waals surface area contributed by atoms with Crippen molar-refractivity contribution in [2.45, 2.75) is 32.3 Å². The Kier molecular flexibility index (Phi) is 4.16. The van der Waals surface area contributed by atoms with E-state index in [1.165, 1.54) is 0 Å². The van der Waals surface area contributed by atoms with Gasteiger partial charge >= 0.3 is 0 Å². The van der Waals surface area contributed by atoms with Crippen LogP contribution in [0.1, 0.15) is 26.7 Å². The van der Waals surface area contributed by atoms with Crippen LogP contribution in [0.15, 0.2) is 0 Å². The molecule has 0 spiro atoms. The van der Waals surface area contributed by atoms with Gasteiger partial charge in [0, 0.05) is 19.1 Å². The molecular formula is C10H20O3.